The maximum atomic E-state index is 10.8. The van der Waals surface area contributed by atoms with Crippen LogP contribution in [0.1, 0.15) is 36.9 Å². The SMILES string of the molecule is CC(C)C(C)NCc1occc1C(=O)O. The monoisotopic (exact) mass is 211 g/mol. The molecule has 0 fully saturated rings. The van der Waals surface area contributed by atoms with Crippen molar-refractivity contribution in [2.45, 2.75) is 33.4 Å². The summed E-state index contributed by atoms with van der Waals surface area (Å²) in [5.74, 6) is 0.0426. The first-order chi connectivity index (χ1) is 7.02. The molecule has 0 saturated heterocycles. The lowest BCUT2D eigenvalue weighted by Crippen LogP contribution is -2.30. The number of furan rings is 1. The summed E-state index contributed by atoms with van der Waals surface area (Å²) in [5.41, 5.74) is 0.235. The van der Waals surface area contributed by atoms with E-state index in [1.165, 1.54) is 12.3 Å². The first kappa shape index (κ1) is 11.8. The summed E-state index contributed by atoms with van der Waals surface area (Å²) in [6.07, 6.45) is 1.40. The highest BCUT2D eigenvalue weighted by molar-refractivity contribution is 5.88. The Morgan fingerprint density at radius 1 is 1.53 bits per heavy atom. The van der Waals surface area contributed by atoms with E-state index in [0.717, 1.165) is 0 Å². The van der Waals surface area contributed by atoms with E-state index >= 15 is 0 Å². The third kappa shape index (κ3) is 3.09. The zero-order valence-electron chi connectivity index (χ0n) is 9.28. The molecule has 0 bridgehead atoms. The Morgan fingerprint density at radius 2 is 2.20 bits per heavy atom. The van der Waals surface area contributed by atoms with Crippen molar-refractivity contribution in [1.82, 2.24) is 5.32 Å². The van der Waals surface area contributed by atoms with Crippen molar-refractivity contribution in [1.29, 1.82) is 0 Å². The van der Waals surface area contributed by atoms with Gasteiger partial charge in [-0.1, -0.05) is 13.8 Å². The van der Waals surface area contributed by atoms with Crippen molar-refractivity contribution in [3.63, 3.8) is 0 Å². The standard InChI is InChI=1S/C11H17NO3/c1-7(2)8(3)12-6-10-9(11(13)14)4-5-15-10/h4-5,7-8,12H,6H2,1-3H3,(H,13,14). The fourth-order valence-electron chi connectivity index (χ4n) is 1.16. The van der Waals surface area contributed by atoms with Crippen LogP contribution in [-0.4, -0.2) is 17.1 Å². The Morgan fingerprint density at radius 3 is 2.73 bits per heavy atom. The molecule has 0 aliphatic heterocycles. The minimum atomic E-state index is -0.947. The molecule has 0 aromatic carbocycles. The van der Waals surface area contributed by atoms with E-state index in [-0.39, 0.29) is 5.56 Å². The van der Waals surface area contributed by atoms with Gasteiger partial charge in [0, 0.05) is 6.04 Å². The fraction of sp³-hybridized carbons (Fsp3) is 0.545. The third-order valence-corrected chi connectivity index (χ3v) is 2.56. The highest BCUT2D eigenvalue weighted by Crippen LogP contribution is 2.11. The van der Waals surface area contributed by atoms with Crippen molar-refractivity contribution < 1.29 is 14.3 Å². The largest absolute Gasteiger partial charge is 0.478 e. The van der Waals surface area contributed by atoms with Gasteiger partial charge in [0.25, 0.3) is 0 Å². The van der Waals surface area contributed by atoms with Crippen molar-refractivity contribution in [3.05, 3.63) is 23.7 Å². The molecular weight excluding hydrogens is 194 g/mol. The molecule has 4 nitrogen and oxygen atoms in total. The number of aromatic carboxylic acids is 1. The van der Waals surface area contributed by atoms with E-state index in [9.17, 15) is 4.79 Å². The summed E-state index contributed by atoms with van der Waals surface area (Å²) in [6.45, 7) is 6.73. The number of rotatable bonds is 5. The van der Waals surface area contributed by atoms with Gasteiger partial charge in [-0.25, -0.2) is 4.79 Å². The lowest BCUT2D eigenvalue weighted by atomic mass is 10.1. The maximum Gasteiger partial charge on any atom is 0.339 e. The van der Waals surface area contributed by atoms with Crippen LogP contribution in [0.25, 0.3) is 0 Å². The fourth-order valence-corrected chi connectivity index (χ4v) is 1.16. The highest BCUT2D eigenvalue weighted by Gasteiger charge is 2.14. The van der Waals surface area contributed by atoms with Crippen LogP contribution in [0.3, 0.4) is 0 Å². The summed E-state index contributed by atoms with van der Waals surface area (Å²) in [5, 5.41) is 12.1. The van der Waals surface area contributed by atoms with Crippen LogP contribution in [0.15, 0.2) is 16.7 Å². The van der Waals surface area contributed by atoms with Gasteiger partial charge < -0.3 is 14.8 Å². The Bertz CT molecular complexity index is 330. The minimum absolute atomic E-state index is 0.235. The summed E-state index contributed by atoms with van der Waals surface area (Å²) in [6, 6.07) is 1.80. The predicted octanol–water partition coefficient (Wildman–Crippen LogP) is 2.11. The number of hydrogen-bond acceptors (Lipinski definition) is 3. The molecule has 0 amide bonds. The quantitative estimate of drug-likeness (QED) is 0.783. The van der Waals surface area contributed by atoms with Gasteiger partial charge in [-0.05, 0) is 18.9 Å². The topological polar surface area (TPSA) is 62.5 Å². The van der Waals surface area contributed by atoms with Gasteiger partial charge in [-0.3, -0.25) is 0 Å². The molecule has 1 rings (SSSR count). The van der Waals surface area contributed by atoms with Crippen molar-refractivity contribution in [3.8, 4) is 0 Å². The second-order valence-electron chi connectivity index (χ2n) is 3.98. The number of nitrogens with one attached hydrogen (secondary N) is 1. The van der Waals surface area contributed by atoms with Gasteiger partial charge in [-0.2, -0.15) is 0 Å². The van der Waals surface area contributed by atoms with Gasteiger partial charge in [-0.15, -0.1) is 0 Å². The summed E-state index contributed by atoms with van der Waals surface area (Å²) in [4.78, 5) is 10.8. The Kier molecular flexibility index (Phi) is 3.91. The molecule has 0 radical (unpaired) electrons. The van der Waals surface area contributed by atoms with E-state index in [0.29, 0.717) is 24.3 Å². The average Bonchev–Trinajstić information content (AvgIpc) is 2.61. The molecule has 0 aliphatic rings. The van der Waals surface area contributed by atoms with Crippen LogP contribution in [0.5, 0.6) is 0 Å². The summed E-state index contributed by atoms with van der Waals surface area (Å²) >= 11 is 0. The average molecular weight is 211 g/mol. The third-order valence-electron chi connectivity index (χ3n) is 2.56. The molecule has 0 spiro atoms. The van der Waals surface area contributed by atoms with Crippen LogP contribution in [-0.2, 0) is 6.54 Å². The van der Waals surface area contributed by atoms with Crippen molar-refractivity contribution in [2.24, 2.45) is 5.92 Å². The number of carbonyl (C=O) groups is 1. The van der Waals surface area contributed by atoms with Crippen molar-refractivity contribution >= 4 is 5.97 Å². The Labute approximate surface area is 89.3 Å². The van der Waals surface area contributed by atoms with E-state index in [2.05, 4.69) is 26.1 Å². The summed E-state index contributed by atoms with van der Waals surface area (Å²) < 4.78 is 5.11. The molecule has 0 saturated carbocycles. The van der Waals surface area contributed by atoms with Gasteiger partial charge in [0.1, 0.15) is 11.3 Å². The molecule has 4 heteroatoms. The molecule has 15 heavy (non-hydrogen) atoms. The van der Waals surface area contributed by atoms with Crippen LogP contribution < -0.4 is 5.32 Å². The smallest absolute Gasteiger partial charge is 0.339 e. The second-order valence-corrected chi connectivity index (χ2v) is 3.98. The van der Waals surface area contributed by atoms with Crippen LogP contribution in [0.4, 0.5) is 0 Å². The lowest BCUT2D eigenvalue weighted by Gasteiger charge is -2.16. The molecule has 1 aromatic rings. The Balaban J connectivity index is 2.58. The zero-order valence-corrected chi connectivity index (χ0v) is 9.28. The van der Waals surface area contributed by atoms with E-state index in [1.54, 1.807) is 0 Å². The van der Waals surface area contributed by atoms with E-state index < -0.39 is 5.97 Å². The first-order valence-corrected chi connectivity index (χ1v) is 5.05. The van der Waals surface area contributed by atoms with E-state index in [4.69, 9.17) is 9.52 Å². The van der Waals surface area contributed by atoms with Gasteiger partial charge in [0.2, 0.25) is 0 Å². The molecule has 1 atom stereocenters. The van der Waals surface area contributed by atoms with Crippen LogP contribution >= 0.6 is 0 Å². The summed E-state index contributed by atoms with van der Waals surface area (Å²) in [7, 11) is 0. The van der Waals surface area contributed by atoms with E-state index in [1.807, 2.05) is 0 Å². The zero-order chi connectivity index (χ0) is 11.4. The molecule has 0 aliphatic carbocycles. The molecule has 84 valence electrons. The molecule has 2 N–H and O–H groups in total. The molecule has 1 heterocycles. The normalized spacial score (nSPS) is 13.1. The number of carboxylic acid groups (broad SMARTS) is 1. The minimum Gasteiger partial charge on any atom is -0.478 e. The van der Waals surface area contributed by atoms with Crippen LogP contribution in [0, 0.1) is 5.92 Å². The van der Waals surface area contributed by atoms with Crippen molar-refractivity contribution in [2.75, 3.05) is 0 Å². The predicted molar refractivity (Wildman–Crippen MR) is 56.8 cm³/mol. The van der Waals surface area contributed by atoms with Gasteiger partial charge >= 0.3 is 5.97 Å². The van der Waals surface area contributed by atoms with Gasteiger partial charge in [0.05, 0.1) is 12.8 Å². The molecule has 1 aromatic heterocycles. The first-order valence-electron chi connectivity index (χ1n) is 5.05. The maximum absolute atomic E-state index is 10.8. The Hall–Kier alpha value is -1.29. The van der Waals surface area contributed by atoms with Gasteiger partial charge in [0.15, 0.2) is 0 Å². The molecule has 1 unspecified atom stereocenters. The lowest BCUT2D eigenvalue weighted by molar-refractivity contribution is 0.0694. The van der Waals surface area contributed by atoms with Crippen LogP contribution in [0.2, 0.25) is 0 Å². The number of hydrogen-bond donors (Lipinski definition) is 2. The number of carboxylic acids is 1. The highest BCUT2D eigenvalue weighted by atomic mass is 16.4. The molecular formula is C11H17NO3. The second kappa shape index (κ2) is 4.98.